The summed E-state index contributed by atoms with van der Waals surface area (Å²) < 4.78 is 39.0. The molecule has 158 valence electrons. The maximum absolute atomic E-state index is 14.7. The molecule has 0 spiro atoms. The van der Waals surface area contributed by atoms with E-state index in [1.165, 1.54) is 23.7 Å². The molecule has 1 atom stereocenters. The van der Waals surface area contributed by atoms with Crippen molar-refractivity contribution in [3.63, 3.8) is 0 Å². The van der Waals surface area contributed by atoms with Crippen molar-refractivity contribution in [1.29, 1.82) is 0 Å². The van der Waals surface area contributed by atoms with Crippen LogP contribution >= 0.6 is 0 Å². The summed E-state index contributed by atoms with van der Waals surface area (Å²) in [4.78, 5) is 26.0. The highest BCUT2D eigenvalue weighted by atomic mass is 19.2. The van der Waals surface area contributed by atoms with E-state index < -0.39 is 29.0 Å². The Morgan fingerprint density at radius 2 is 1.71 bits per heavy atom. The van der Waals surface area contributed by atoms with Gasteiger partial charge in [0.05, 0.1) is 28.9 Å². The van der Waals surface area contributed by atoms with E-state index in [0.29, 0.717) is 28.8 Å². The predicted octanol–water partition coefficient (Wildman–Crippen LogP) is 3.10. The molecule has 3 heterocycles. The molecule has 2 aromatic carbocycles. The van der Waals surface area contributed by atoms with E-state index in [1.54, 1.807) is 7.05 Å². The van der Waals surface area contributed by atoms with Gasteiger partial charge in [0.1, 0.15) is 6.10 Å². The van der Waals surface area contributed by atoms with Crippen LogP contribution in [0.3, 0.4) is 0 Å². The van der Waals surface area contributed by atoms with Gasteiger partial charge in [-0.25, -0.2) is 13.6 Å². The first kappa shape index (κ1) is 19.4. The number of benzene rings is 2. The Morgan fingerprint density at radius 3 is 2.45 bits per heavy atom. The largest absolute Gasteiger partial charge is 0.365 e. The van der Waals surface area contributed by atoms with E-state index in [4.69, 9.17) is 4.74 Å². The van der Waals surface area contributed by atoms with Crippen molar-refractivity contribution in [2.75, 3.05) is 6.61 Å². The average Bonchev–Trinajstić information content (AvgIpc) is 3.14. The summed E-state index contributed by atoms with van der Waals surface area (Å²) in [5.74, 6) is -1.99. The Bertz CT molecular complexity index is 1450. The van der Waals surface area contributed by atoms with Crippen molar-refractivity contribution in [3.05, 3.63) is 92.3 Å². The Balaban J connectivity index is 1.97. The van der Waals surface area contributed by atoms with Gasteiger partial charge in [-0.3, -0.25) is 13.9 Å². The zero-order valence-corrected chi connectivity index (χ0v) is 16.9. The molecular weight excluding hydrogens is 404 g/mol. The maximum Gasteiger partial charge on any atom is 0.331 e. The van der Waals surface area contributed by atoms with Gasteiger partial charge in [-0.15, -0.1) is 0 Å². The van der Waals surface area contributed by atoms with Crippen molar-refractivity contribution in [2.45, 2.75) is 12.6 Å². The minimum Gasteiger partial charge on any atom is -0.365 e. The first-order valence-electron chi connectivity index (χ1n) is 9.84. The van der Waals surface area contributed by atoms with E-state index in [0.717, 1.165) is 16.2 Å². The molecule has 8 heteroatoms. The third-order valence-corrected chi connectivity index (χ3v) is 5.86. The first-order chi connectivity index (χ1) is 14.9. The Morgan fingerprint density at radius 1 is 0.968 bits per heavy atom. The molecule has 2 aromatic heterocycles. The van der Waals surface area contributed by atoms with Crippen molar-refractivity contribution in [3.8, 4) is 11.3 Å². The van der Waals surface area contributed by atoms with Gasteiger partial charge < -0.3 is 9.30 Å². The van der Waals surface area contributed by atoms with Crippen LogP contribution in [0, 0.1) is 11.6 Å². The molecule has 1 aliphatic rings. The standard InChI is InChI=1S/C23H19F2N3O3/c1-26-19-16(22(29)27(2)23(26)30)18(13-7-4-3-5-8-13)28-11-12-31-21(20(19)28)14-9-6-10-15(24)17(14)25/h3-10,21H,11-12H2,1-2H3/t21-/m1/s1. The van der Waals surface area contributed by atoms with Crippen LogP contribution < -0.4 is 11.2 Å². The first-order valence-corrected chi connectivity index (χ1v) is 9.84. The summed E-state index contributed by atoms with van der Waals surface area (Å²) in [6, 6.07) is 13.2. The molecular formula is C23H19F2N3O3. The summed E-state index contributed by atoms with van der Waals surface area (Å²) in [7, 11) is 2.99. The van der Waals surface area contributed by atoms with Crippen LogP contribution in [0.1, 0.15) is 17.4 Å². The Hall–Kier alpha value is -3.52. The molecule has 0 fully saturated rings. The van der Waals surface area contributed by atoms with Gasteiger partial charge in [-0.2, -0.15) is 0 Å². The Kier molecular flexibility index (Phi) is 4.40. The lowest BCUT2D eigenvalue weighted by atomic mass is 10.0. The number of ether oxygens (including phenoxy) is 1. The van der Waals surface area contributed by atoms with Crippen LogP contribution in [0.25, 0.3) is 22.2 Å². The number of aryl methyl sites for hydroxylation is 1. The molecule has 0 bridgehead atoms. The fraction of sp³-hybridized carbons (Fsp3) is 0.217. The molecule has 0 N–H and O–H groups in total. The molecule has 4 aromatic rings. The molecule has 0 aliphatic carbocycles. The van der Waals surface area contributed by atoms with Gasteiger partial charge in [0.2, 0.25) is 0 Å². The topological polar surface area (TPSA) is 58.2 Å². The van der Waals surface area contributed by atoms with E-state index in [1.807, 2.05) is 34.9 Å². The van der Waals surface area contributed by atoms with Gasteiger partial charge in [-0.1, -0.05) is 42.5 Å². The number of hydrogen-bond donors (Lipinski definition) is 0. The van der Waals surface area contributed by atoms with E-state index in [-0.39, 0.29) is 12.2 Å². The third-order valence-electron chi connectivity index (χ3n) is 5.86. The number of nitrogens with zero attached hydrogens (tertiary/aromatic N) is 3. The van der Waals surface area contributed by atoms with Gasteiger partial charge >= 0.3 is 5.69 Å². The quantitative estimate of drug-likeness (QED) is 0.498. The second-order valence-corrected chi connectivity index (χ2v) is 7.57. The number of halogens is 2. The third kappa shape index (κ3) is 2.71. The van der Waals surface area contributed by atoms with Gasteiger partial charge in [0.25, 0.3) is 5.56 Å². The molecule has 0 saturated carbocycles. The number of rotatable bonds is 2. The summed E-state index contributed by atoms with van der Waals surface area (Å²) in [5, 5.41) is 0.345. The van der Waals surface area contributed by atoms with Gasteiger partial charge in [0, 0.05) is 26.2 Å². The highest BCUT2D eigenvalue weighted by molar-refractivity contribution is 5.96. The van der Waals surface area contributed by atoms with Crippen LogP contribution in [-0.2, 0) is 25.4 Å². The molecule has 31 heavy (non-hydrogen) atoms. The highest BCUT2D eigenvalue weighted by Gasteiger charge is 2.34. The molecule has 0 amide bonds. The number of aromatic nitrogens is 3. The minimum atomic E-state index is -1.01. The minimum absolute atomic E-state index is 0.0214. The second kappa shape index (κ2) is 7.02. The van der Waals surface area contributed by atoms with Crippen molar-refractivity contribution in [1.82, 2.24) is 13.7 Å². The highest BCUT2D eigenvalue weighted by Crippen LogP contribution is 2.41. The fourth-order valence-electron chi connectivity index (χ4n) is 4.44. The van der Waals surface area contributed by atoms with Crippen molar-refractivity contribution >= 4 is 10.9 Å². The second-order valence-electron chi connectivity index (χ2n) is 7.57. The normalized spacial score (nSPS) is 15.9. The van der Waals surface area contributed by atoms with Gasteiger partial charge in [-0.05, 0) is 11.6 Å². The van der Waals surface area contributed by atoms with Crippen LogP contribution in [0.15, 0.2) is 58.1 Å². The average molecular weight is 423 g/mol. The van der Waals surface area contributed by atoms with Crippen molar-refractivity contribution in [2.24, 2.45) is 14.1 Å². The van der Waals surface area contributed by atoms with E-state index >= 15 is 0 Å². The lowest BCUT2D eigenvalue weighted by molar-refractivity contribution is 0.0453. The lowest BCUT2D eigenvalue weighted by Gasteiger charge is -2.28. The molecule has 0 saturated heterocycles. The van der Waals surface area contributed by atoms with E-state index in [2.05, 4.69) is 0 Å². The molecule has 0 unspecified atom stereocenters. The molecule has 5 rings (SSSR count). The molecule has 0 radical (unpaired) electrons. The van der Waals surface area contributed by atoms with E-state index in [9.17, 15) is 18.4 Å². The van der Waals surface area contributed by atoms with Crippen LogP contribution in [0.4, 0.5) is 8.78 Å². The number of hydrogen-bond acceptors (Lipinski definition) is 3. The lowest BCUT2D eigenvalue weighted by Crippen LogP contribution is -2.37. The zero-order valence-electron chi connectivity index (χ0n) is 16.9. The summed E-state index contributed by atoms with van der Waals surface area (Å²) in [6.07, 6.45) is -0.970. The molecule has 1 aliphatic heterocycles. The predicted molar refractivity (Wildman–Crippen MR) is 112 cm³/mol. The SMILES string of the molecule is Cn1c(=O)c2c(-c3ccccc3)n3c(c2n(C)c1=O)[C@@H](c1cccc(F)c1F)OCC3. The van der Waals surface area contributed by atoms with Crippen LogP contribution in [-0.4, -0.2) is 20.3 Å². The summed E-state index contributed by atoms with van der Waals surface area (Å²) in [6.45, 7) is 0.641. The zero-order chi connectivity index (χ0) is 21.9. The number of fused-ring (bicyclic) bond motifs is 3. The van der Waals surface area contributed by atoms with Crippen LogP contribution in [0.5, 0.6) is 0 Å². The van der Waals surface area contributed by atoms with Crippen LogP contribution in [0.2, 0.25) is 0 Å². The maximum atomic E-state index is 14.7. The monoisotopic (exact) mass is 423 g/mol. The summed E-state index contributed by atoms with van der Waals surface area (Å²) >= 11 is 0. The van der Waals surface area contributed by atoms with Crippen molar-refractivity contribution < 1.29 is 13.5 Å². The fourth-order valence-corrected chi connectivity index (χ4v) is 4.44. The Labute approximate surface area is 175 Å². The van der Waals surface area contributed by atoms with Gasteiger partial charge in [0.15, 0.2) is 11.6 Å². The smallest absolute Gasteiger partial charge is 0.331 e. The summed E-state index contributed by atoms with van der Waals surface area (Å²) in [5.41, 5.74) is 1.31. The molecule has 6 nitrogen and oxygen atoms in total.